The lowest BCUT2D eigenvalue weighted by Crippen LogP contribution is -2.42. The minimum absolute atomic E-state index is 0.120. The number of carbonyl (C=O) groups excluding carboxylic acids is 1. The second kappa shape index (κ2) is 8.40. The monoisotopic (exact) mass is 280 g/mol. The van der Waals surface area contributed by atoms with Crippen LogP contribution in [-0.2, 0) is 4.79 Å². The Morgan fingerprint density at radius 1 is 1.15 bits per heavy atom. The highest BCUT2D eigenvalue weighted by atomic mass is 16.4. The first-order valence-electron chi connectivity index (χ1n) is 7.05. The Hall–Kier alpha value is -1.78. The Balaban J connectivity index is 2.32. The third kappa shape index (κ3) is 5.07. The Bertz CT molecular complexity index is 350. The van der Waals surface area contributed by atoms with E-state index in [1.807, 2.05) is 0 Å². The Labute approximate surface area is 120 Å². The van der Waals surface area contributed by atoms with Gasteiger partial charge in [0, 0.05) is 19.6 Å². The molecule has 0 aromatic heterocycles. The molecule has 0 unspecified atom stereocenters. The molecule has 0 atom stereocenters. The van der Waals surface area contributed by atoms with E-state index in [0.29, 0.717) is 38.4 Å². The van der Waals surface area contributed by atoms with Crippen molar-refractivity contribution in [1.29, 1.82) is 0 Å². The number of rotatable bonds is 7. The Morgan fingerprint density at radius 2 is 1.70 bits per heavy atom. The van der Waals surface area contributed by atoms with Gasteiger partial charge in [-0.15, -0.1) is 13.2 Å². The minimum atomic E-state index is -0.698. The van der Waals surface area contributed by atoms with Gasteiger partial charge in [0.15, 0.2) is 0 Å². The van der Waals surface area contributed by atoms with Crippen LogP contribution in [0.2, 0.25) is 0 Å². The van der Waals surface area contributed by atoms with Gasteiger partial charge in [-0.25, -0.2) is 4.79 Å². The highest BCUT2D eigenvalue weighted by Crippen LogP contribution is 2.28. The predicted octanol–water partition coefficient (Wildman–Crippen LogP) is 2.26. The van der Waals surface area contributed by atoms with Crippen LogP contribution >= 0.6 is 0 Å². The summed E-state index contributed by atoms with van der Waals surface area (Å²) >= 11 is 0. The van der Waals surface area contributed by atoms with Crippen molar-refractivity contribution in [2.24, 2.45) is 11.8 Å². The smallest absolute Gasteiger partial charge is 0.317 e. The lowest BCUT2D eigenvalue weighted by Gasteiger charge is -2.27. The van der Waals surface area contributed by atoms with Crippen molar-refractivity contribution in [2.45, 2.75) is 25.7 Å². The van der Waals surface area contributed by atoms with E-state index < -0.39 is 5.97 Å². The summed E-state index contributed by atoms with van der Waals surface area (Å²) < 4.78 is 0. The molecular formula is C15H24N2O3. The van der Waals surface area contributed by atoms with Crippen LogP contribution in [0.4, 0.5) is 4.79 Å². The topological polar surface area (TPSA) is 69.6 Å². The van der Waals surface area contributed by atoms with Crippen molar-refractivity contribution in [2.75, 3.05) is 19.6 Å². The van der Waals surface area contributed by atoms with Gasteiger partial charge < -0.3 is 15.3 Å². The number of urea groups is 1. The summed E-state index contributed by atoms with van der Waals surface area (Å²) in [6.07, 6.45) is 6.50. The maximum absolute atomic E-state index is 12.0. The van der Waals surface area contributed by atoms with Crippen LogP contribution in [-0.4, -0.2) is 41.6 Å². The number of hydrogen-bond acceptors (Lipinski definition) is 2. The molecule has 1 aliphatic rings. The molecule has 0 aliphatic heterocycles. The van der Waals surface area contributed by atoms with Crippen molar-refractivity contribution in [1.82, 2.24) is 10.2 Å². The summed E-state index contributed by atoms with van der Waals surface area (Å²) in [7, 11) is 0. The van der Waals surface area contributed by atoms with Crippen LogP contribution in [0.5, 0.6) is 0 Å². The number of carboxylic acids is 1. The molecule has 1 rings (SSSR count). The lowest BCUT2D eigenvalue weighted by molar-refractivity contribution is -0.143. The van der Waals surface area contributed by atoms with Gasteiger partial charge in [0.1, 0.15) is 0 Å². The number of amides is 2. The van der Waals surface area contributed by atoms with Crippen LogP contribution in [0.15, 0.2) is 25.3 Å². The molecule has 5 nitrogen and oxygen atoms in total. The molecule has 2 N–H and O–H groups in total. The molecule has 1 aliphatic carbocycles. The molecule has 0 aromatic rings. The molecule has 5 heteroatoms. The lowest BCUT2D eigenvalue weighted by atomic mass is 9.82. The molecule has 0 radical (unpaired) electrons. The molecular weight excluding hydrogens is 256 g/mol. The maximum atomic E-state index is 12.0. The summed E-state index contributed by atoms with van der Waals surface area (Å²) in [6, 6.07) is -0.120. The number of hydrogen-bond donors (Lipinski definition) is 2. The number of nitrogens with one attached hydrogen (secondary N) is 1. The SMILES string of the molecule is C=CCN(CC=C)C(=O)NCC1CCC(C(=O)O)CC1. The third-order valence-electron chi connectivity index (χ3n) is 3.72. The number of carbonyl (C=O) groups is 2. The van der Waals surface area contributed by atoms with E-state index in [-0.39, 0.29) is 11.9 Å². The fourth-order valence-corrected chi connectivity index (χ4v) is 2.51. The molecule has 1 fully saturated rings. The van der Waals surface area contributed by atoms with Gasteiger partial charge in [-0.2, -0.15) is 0 Å². The van der Waals surface area contributed by atoms with Crippen molar-refractivity contribution < 1.29 is 14.7 Å². The van der Waals surface area contributed by atoms with Crippen molar-refractivity contribution in [3.63, 3.8) is 0 Å². The van der Waals surface area contributed by atoms with Crippen LogP contribution < -0.4 is 5.32 Å². The molecule has 0 spiro atoms. The van der Waals surface area contributed by atoms with Crippen LogP contribution in [0, 0.1) is 11.8 Å². The Kier molecular flexibility index (Phi) is 6.84. The summed E-state index contributed by atoms with van der Waals surface area (Å²) in [5, 5.41) is 11.8. The molecule has 0 saturated heterocycles. The molecule has 112 valence electrons. The number of carboxylic acid groups (broad SMARTS) is 1. The van der Waals surface area contributed by atoms with Gasteiger partial charge in [0.05, 0.1) is 5.92 Å². The second-order valence-electron chi connectivity index (χ2n) is 5.22. The first kappa shape index (κ1) is 16.3. The highest BCUT2D eigenvalue weighted by molar-refractivity contribution is 5.74. The Morgan fingerprint density at radius 3 is 2.15 bits per heavy atom. The summed E-state index contributed by atoms with van der Waals surface area (Å²) in [5.41, 5.74) is 0. The van der Waals surface area contributed by atoms with E-state index in [4.69, 9.17) is 5.11 Å². The van der Waals surface area contributed by atoms with Crippen molar-refractivity contribution in [3.8, 4) is 0 Å². The average Bonchev–Trinajstić information content (AvgIpc) is 2.45. The van der Waals surface area contributed by atoms with Gasteiger partial charge in [-0.1, -0.05) is 12.2 Å². The van der Waals surface area contributed by atoms with Gasteiger partial charge in [0.25, 0.3) is 0 Å². The molecule has 2 amide bonds. The van der Waals surface area contributed by atoms with E-state index in [1.165, 1.54) is 0 Å². The van der Waals surface area contributed by atoms with Gasteiger partial charge in [-0.3, -0.25) is 4.79 Å². The predicted molar refractivity (Wildman–Crippen MR) is 78.4 cm³/mol. The number of aliphatic carboxylic acids is 1. The molecule has 0 bridgehead atoms. The zero-order valence-corrected chi connectivity index (χ0v) is 11.9. The van der Waals surface area contributed by atoms with Crippen molar-refractivity contribution >= 4 is 12.0 Å². The van der Waals surface area contributed by atoms with Crippen LogP contribution in [0.1, 0.15) is 25.7 Å². The van der Waals surface area contributed by atoms with Crippen LogP contribution in [0.3, 0.4) is 0 Å². The van der Waals surface area contributed by atoms with Crippen molar-refractivity contribution in [3.05, 3.63) is 25.3 Å². The van der Waals surface area contributed by atoms with Gasteiger partial charge >= 0.3 is 12.0 Å². The fourth-order valence-electron chi connectivity index (χ4n) is 2.51. The molecule has 0 aromatic carbocycles. The van der Waals surface area contributed by atoms with E-state index >= 15 is 0 Å². The first-order chi connectivity index (χ1) is 9.58. The average molecular weight is 280 g/mol. The first-order valence-corrected chi connectivity index (χ1v) is 7.05. The zero-order valence-electron chi connectivity index (χ0n) is 11.9. The number of nitrogens with zero attached hydrogens (tertiary/aromatic N) is 1. The second-order valence-corrected chi connectivity index (χ2v) is 5.22. The van der Waals surface area contributed by atoms with Gasteiger partial charge in [0.2, 0.25) is 0 Å². The zero-order chi connectivity index (χ0) is 15.0. The van der Waals surface area contributed by atoms with Gasteiger partial charge in [-0.05, 0) is 31.6 Å². The standard InChI is InChI=1S/C15H24N2O3/c1-3-9-17(10-4-2)15(20)16-11-12-5-7-13(8-6-12)14(18)19/h3-4,12-13H,1-2,5-11H2,(H,16,20)(H,18,19). The minimum Gasteiger partial charge on any atom is -0.481 e. The molecule has 1 saturated carbocycles. The summed E-state index contributed by atoms with van der Waals surface area (Å²) in [5.74, 6) is -0.528. The normalized spacial score (nSPS) is 21.8. The summed E-state index contributed by atoms with van der Waals surface area (Å²) in [4.78, 5) is 24.5. The quantitative estimate of drug-likeness (QED) is 0.703. The van der Waals surface area contributed by atoms with E-state index in [9.17, 15) is 9.59 Å². The maximum Gasteiger partial charge on any atom is 0.317 e. The molecule has 20 heavy (non-hydrogen) atoms. The third-order valence-corrected chi connectivity index (χ3v) is 3.72. The van der Waals surface area contributed by atoms with E-state index in [0.717, 1.165) is 12.8 Å². The summed E-state index contributed by atoms with van der Waals surface area (Å²) in [6.45, 7) is 8.84. The molecule has 0 heterocycles. The fraction of sp³-hybridized carbons (Fsp3) is 0.600. The van der Waals surface area contributed by atoms with Crippen LogP contribution in [0.25, 0.3) is 0 Å². The highest BCUT2D eigenvalue weighted by Gasteiger charge is 2.26. The van der Waals surface area contributed by atoms with E-state index in [2.05, 4.69) is 18.5 Å². The van der Waals surface area contributed by atoms with E-state index in [1.54, 1.807) is 17.1 Å². The largest absolute Gasteiger partial charge is 0.481 e.